The smallest absolute Gasteiger partial charge is 0.343 e. The summed E-state index contributed by atoms with van der Waals surface area (Å²) in [5.74, 6) is -1.89. The van der Waals surface area contributed by atoms with Gasteiger partial charge in [0.15, 0.2) is 5.60 Å². The van der Waals surface area contributed by atoms with Crippen molar-refractivity contribution in [2.75, 3.05) is 19.9 Å². The monoisotopic (exact) mass is 635 g/mol. The van der Waals surface area contributed by atoms with Crippen molar-refractivity contribution in [2.45, 2.75) is 84.2 Å². The first-order valence-corrected chi connectivity index (χ1v) is 15.4. The third-order valence-corrected chi connectivity index (χ3v) is 9.10. The lowest BCUT2D eigenvalue weighted by Gasteiger charge is -2.31. The molecule has 2 aliphatic heterocycles. The second-order valence-electron chi connectivity index (χ2n) is 13.2. The Kier molecular flexibility index (Phi) is 7.98. The fourth-order valence-electron chi connectivity index (χ4n) is 6.62. The number of esters is 1. The summed E-state index contributed by atoms with van der Waals surface area (Å²) in [6.45, 7) is 8.74. The average molecular weight is 636 g/mol. The van der Waals surface area contributed by atoms with E-state index >= 15 is 4.39 Å². The van der Waals surface area contributed by atoms with E-state index in [9.17, 15) is 24.3 Å². The fourth-order valence-corrected chi connectivity index (χ4v) is 6.62. The number of halogens is 1. The molecule has 2 aromatic heterocycles. The molecular formula is C33H38FN5O7. The second kappa shape index (κ2) is 11.6. The molecule has 0 unspecified atom stereocenters. The van der Waals surface area contributed by atoms with Crippen LogP contribution in [0.3, 0.4) is 0 Å². The van der Waals surface area contributed by atoms with Gasteiger partial charge >= 0.3 is 5.97 Å². The maximum absolute atomic E-state index is 15.1. The minimum Gasteiger partial charge on any atom is -0.458 e. The van der Waals surface area contributed by atoms with Crippen LogP contribution in [0.5, 0.6) is 0 Å². The van der Waals surface area contributed by atoms with E-state index in [0.717, 1.165) is 16.5 Å². The van der Waals surface area contributed by atoms with Gasteiger partial charge in [0, 0.05) is 28.1 Å². The van der Waals surface area contributed by atoms with Gasteiger partial charge in [-0.2, -0.15) is 0 Å². The van der Waals surface area contributed by atoms with E-state index in [-0.39, 0.29) is 62.0 Å². The normalized spacial score (nSPS) is 19.7. The van der Waals surface area contributed by atoms with E-state index < -0.39 is 34.9 Å². The van der Waals surface area contributed by atoms with Crippen molar-refractivity contribution < 1.29 is 33.4 Å². The number of amides is 2. The van der Waals surface area contributed by atoms with Crippen LogP contribution in [0.1, 0.15) is 80.0 Å². The highest BCUT2D eigenvalue weighted by Gasteiger charge is 2.46. The van der Waals surface area contributed by atoms with Crippen LogP contribution < -0.4 is 21.5 Å². The minimum absolute atomic E-state index is 0.00644. The molecule has 2 amide bonds. The largest absolute Gasteiger partial charge is 0.458 e. The molecule has 46 heavy (non-hydrogen) atoms. The molecule has 0 radical (unpaired) electrons. The first kappa shape index (κ1) is 31.8. The number of cyclic esters (lactones) is 1. The average Bonchev–Trinajstić information content (AvgIpc) is 3.38. The molecule has 0 saturated carbocycles. The summed E-state index contributed by atoms with van der Waals surface area (Å²) in [5, 5.41) is 20.7. The molecule has 0 saturated heterocycles. The van der Waals surface area contributed by atoms with Gasteiger partial charge < -0.3 is 35.1 Å². The number of aryl methyl sites for hydroxylation is 1. The Morgan fingerprint density at radius 3 is 2.67 bits per heavy atom. The maximum Gasteiger partial charge on any atom is 0.343 e. The van der Waals surface area contributed by atoms with Crippen LogP contribution >= 0.6 is 0 Å². The SMILES string of the molecule is CC[C@@]1(O)C(=O)OCc2c1cc1n(c2=O)Cc2c-1nc1cc(F)c(C)c3c1c2[C@@H](NC(=O)COCNC(=O)CNC(C)(C)C)CC3. The molecule has 4 heterocycles. The van der Waals surface area contributed by atoms with Gasteiger partial charge in [-0.3, -0.25) is 14.4 Å². The Morgan fingerprint density at radius 2 is 1.96 bits per heavy atom. The third-order valence-electron chi connectivity index (χ3n) is 9.10. The minimum atomic E-state index is -1.98. The summed E-state index contributed by atoms with van der Waals surface area (Å²) in [7, 11) is 0. The van der Waals surface area contributed by atoms with Gasteiger partial charge in [0.1, 0.15) is 25.8 Å². The van der Waals surface area contributed by atoms with E-state index in [2.05, 4.69) is 16.0 Å². The number of nitrogens with one attached hydrogen (secondary N) is 3. The topological polar surface area (TPSA) is 161 Å². The molecule has 0 fully saturated rings. The van der Waals surface area contributed by atoms with E-state index in [1.165, 1.54) is 10.6 Å². The van der Waals surface area contributed by atoms with Crippen molar-refractivity contribution in [1.29, 1.82) is 0 Å². The van der Waals surface area contributed by atoms with Gasteiger partial charge in [-0.1, -0.05) is 6.92 Å². The number of nitrogens with zero attached hydrogens (tertiary/aromatic N) is 2. The van der Waals surface area contributed by atoms with E-state index in [0.29, 0.717) is 40.9 Å². The van der Waals surface area contributed by atoms with Crippen LogP contribution in [-0.4, -0.2) is 57.9 Å². The number of carbonyl (C=O) groups excluding carboxylic acids is 3. The van der Waals surface area contributed by atoms with Gasteiger partial charge in [-0.15, -0.1) is 0 Å². The Bertz CT molecular complexity index is 1860. The standard InChI is InChI=1S/C33H38FN5O7/c1-6-33(44)20-9-24-29-18(12-39(24)30(42)19(20)13-46-31(33)43)28-22(8-7-17-16(2)21(34)10-23(38-29)27(17)28)37-26(41)14-45-15-35-25(40)11-36-32(3,4)5/h9-10,22,36,44H,6-8,11-15H2,1-5H3,(H,35,40)(H,37,41)/t22-,33-/m0/s1. The van der Waals surface area contributed by atoms with Crippen molar-refractivity contribution in [3.8, 4) is 11.4 Å². The molecule has 13 heteroatoms. The van der Waals surface area contributed by atoms with Gasteiger partial charge in [-0.25, -0.2) is 14.2 Å². The molecule has 1 aromatic carbocycles. The number of fused-ring (bicyclic) bond motifs is 5. The van der Waals surface area contributed by atoms with Crippen LogP contribution in [0, 0.1) is 12.7 Å². The van der Waals surface area contributed by atoms with Crippen LogP contribution in [0.2, 0.25) is 0 Å². The highest BCUT2D eigenvalue weighted by atomic mass is 19.1. The predicted octanol–water partition coefficient (Wildman–Crippen LogP) is 2.11. The van der Waals surface area contributed by atoms with Gasteiger partial charge in [-0.05, 0) is 69.7 Å². The predicted molar refractivity (Wildman–Crippen MR) is 165 cm³/mol. The quantitative estimate of drug-likeness (QED) is 0.129. The first-order valence-electron chi connectivity index (χ1n) is 15.4. The molecular weight excluding hydrogens is 597 g/mol. The van der Waals surface area contributed by atoms with E-state index in [1.54, 1.807) is 19.9 Å². The molecule has 0 bridgehead atoms. The highest BCUT2D eigenvalue weighted by Crippen LogP contribution is 2.45. The van der Waals surface area contributed by atoms with Gasteiger partial charge in [0.2, 0.25) is 11.8 Å². The molecule has 3 aromatic rings. The van der Waals surface area contributed by atoms with Crippen LogP contribution in [-0.2, 0) is 49.0 Å². The summed E-state index contributed by atoms with van der Waals surface area (Å²) in [6, 6.07) is 2.48. The zero-order valence-corrected chi connectivity index (χ0v) is 26.6. The van der Waals surface area contributed by atoms with Gasteiger partial charge in [0.05, 0.1) is 41.6 Å². The van der Waals surface area contributed by atoms with Crippen molar-refractivity contribution in [2.24, 2.45) is 0 Å². The zero-order valence-electron chi connectivity index (χ0n) is 26.6. The number of carbonyl (C=O) groups is 3. The summed E-state index contributed by atoms with van der Waals surface area (Å²) < 4.78 is 27.3. The maximum atomic E-state index is 15.1. The number of benzene rings is 1. The van der Waals surface area contributed by atoms with Crippen molar-refractivity contribution in [1.82, 2.24) is 25.5 Å². The number of hydrogen-bond donors (Lipinski definition) is 4. The lowest BCUT2D eigenvalue weighted by molar-refractivity contribution is -0.172. The number of ether oxygens (including phenoxy) is 2. The van der Waals surface area contributed by atoms with Gasteiger partial charge in [0.25, 0.3) is 5.56 Å². The molecule has 244 valence electrons. The summed E-state index contributed by atoms with van der Waals surface area (Å²) in [5.41, 5.74) is 1.75. The zero-order chi connectivity index (χ0) is 33.1. The number of rotatable bonds is 8. The number of pyridine rings is 2. The van der Waals surface area contributed by atoms with Crippen molar-refractivity contribution in [3.63, 3.8) is 0 Å². The molecule has 4 N–H and O–H groups in total. The summed E-state index contributed by atoms with van der Waals surface area (Å²) in [6.07, 6.45) is 0.982. The van der Waals surface area contributed by atoms with Crippen molar-refractivity contribution in [3.05, 3.63) is 61.7 Å². The highest BCUT2D eigenvalue weighted by molar-refractivity contribution is 5.94. The fraction of sp³-hybridized carbons (Fsp3) is 0.485. The Balaban J connectivity index is 1.32. The molecule has 0 spiro atoms. The Morgan fingerprint density at radius 1 is 1.20 bits per heavy atom. The third kappa shape index (κ3) is 5.35. The first-order chi connectivity index (χ1) is 21.7. The van der Waals surface area contributed by atoms with Crippen LogP contribution in [0.25, 0.3) is 22.3 Å². The lowest BCUT2D eigenvalue weighted by atomic mass is 9.81. The number of aliphatic hydroxyl groups is 1. The Labute approximate surface area is 264 Å². The summed E-state index contributed by atoms with van der Waals surface area (Å²) in [4.78, 5) is 56.3. The van der Waals surface area contributed by atoms with Crippen LogP contribution in [0.4, 0.5) is 4.39 Å². The number of aromatic nitrogens is 2. The molecule has 2 atom stereocenters. The summed E-state index contributed by atoms with van der Waals surface area (Å²) >= 11 is 0. The molecule has 12 nitrogen and oxygen atoms in total. The number of hydrogen-bond acceptors (Lipinski definition) is 9. The molecule has 3 aliphatic rings. The molecule has 1 aliphatic carbocycles. The Hall–Kier alpha value is -4.20. The van der Waals surface area contributed by atoms with Crippen molar-refractivity contribution >= 4 is 28.7 Å². The second-order valence-corrected chi connectivity index (χ2v) is 13.2. The van der Waals surface area contributed by atoms with Crippen LogP contribution in [0.15, 0.2) is 16.9 Å². The lowest BCUT2D eigenvalue weighted by Crippen LogP contribution is -2.44. The van der Waals surface area contributed by atoms with E-state index in [1.807, 2.05) is 20.8 Å². The van der Waals surface area contributed by atoms with E-state index in [4.69, 9.17) is 14.5 Å². The molecule has 6 rings (SSSR count).